The predicted molar refractivity (Wildman–Crippen MR) is 121 cm³/mol. The molecule has 0 saturated carbocycles. The molecule has 0 bridgehead atoms. The molecule has 0 spiro atoms. The molecule has 156 valence electrons. The van der Waals surface area contributed by atoms with Gasteiger partial charge in [-0.05, 0) is 50.7 Å². The Morgan fingerprint density at radius 1 is 1.32 bits per heavy atom. The van der Waals surface area contributed by atoms with Crippen molar-refractivity contribution < 1.29 is 14.6 Å². The van der Waals surface area contributed by atoms with Gasteiger partial charge in [-0.3, -0.25) is 4.79 Å². The van der Waals surface area contributed by atoms with Crippen LogP contribution in [0.2, 0.25) is 0 Å². The molecule has 1 saturated heterocycles. The zero-order valence-corrected chi connectivity index (χ0v) is 19.1. The summed E-state index contributed by atoms with van der Waals surface area (Å²) in [7, 11) is 0. The number of rotatable bonds is 5. The molecule has 1 aromatic rings. The van der Waals surface area contributed by atoms with Crippen molar-refractivity contribution >= 4 is 35.9 Å². The fraction of sp³-hybridized carbons (Fsp3) is 0.619. The third kappa shape index (κ3) is 5.17. The molecule has 1 fully saturated rings. The highest BCUT2D eigenvalue weighted by Crippen LogP contribution is 2.37. The first-order chi connectivity index (χ1) is 13.1. The maximum atomic E-state index is 11.9. The molecule has 1 unspecified atom stereocenters. The molecule has 1 aliphatic carbocycles. The van der Waals surface area contributed by atoms with E-state index >= 15 is 0 Å². The van der Waals surface area contributed by atoms with Gasteiger partial charge >= 0.3 is 5.97 Å². The van der Waals surface area contributed by atoms with E-state index in [1.807, 2.05) is 32.0 Å². The van der Waals surface area contributed by atoms with Crippen LogP contribution in [0.25, 0.3) is 0 Å². The minimum absolute atomic E-state index is 0. The number of hydrogen-bond acceptors (Lipinski definition) is 4. The Morgan fingerprint density at radius 3 is 2.71 bits per heavy atom. The van der Waals surface area contributed by atoms with Crippen molar-refractivity contribution in [1.29, 1.82) is 0 Å². The summed E-state index contributed by atoms with van der Waals surface area (Å²) in [6, 6.07) is 8.09. The SMILES string of the molecule is CCNC(=NCC1(O)CCc2ccccc21)N1CCC(C(=O)OCC)CC1.I. The summed E-state index contributed by atoms with van der Waals surface area (Å²) in [5.41, 5.74) is 1.33. The standard InChI is InChI=1S/C21H31N3O3.HI/c1-3-22-20(24-13-10-17(11-14-24)19(25)27-4-2)23-15-21(26)12-9-16-7-5-6-8-18(16)21;/h5-8,17,26H,3-4,9-15H2,1-2H3,(H,22,23);1H. The third-order valence-corrected chi connectivity index (χ3v) is 5.57. The molecular formula is C21H32IN3O3. The van der Waals surface area contributed by atoms with E-state index in [1.54, 1.807) is 0 Å². The number of nitrogens with zero attached hydrogens (tertiary/aromatic N) is 2. The lowest BCUT2D eigenvalue weighted by Gasteiger charge is -2.34. The highest BCUT2D eigenvalue weighted by molar-refractivity contribution is 14.0. The molecule has 0 radical (unpaired) electrons. The molecule has 6 nitrogen and oxygen atoms in total. The van der Waals surface area contributed by atoms with Crippen molar-refractivity contribution in [3.8, 4) is 0 Å². The van der Waals surface area contributed by atoms with Crippen LogP contribution in [0.5, 0.6) is 0 Å². The Morgan fingerprint density at radius 2 is 2.04 bits per heavy atom. The Labute approximate surface area is 184 Å². The number of carbonyl (C=O) groups is 1. The molecule has 7 heteroatoms. The molecule has 1 aromatic carbocycles. The topological polar surface area (TPSA) is 74.2 Å². The summed E-state index contributed by atoms with van der Waals surface area (Å²) in [5, 5.41) is 14.5. The second-order valence-electron chi connectivity index (χ2n) is 7.37. The van der Waals surface area contributed by atoms with Gasteiger partial charge in [0.05, 0.1) is 19.1 Å². The van der Waals surface area contributed by atoms with Gasteiger partial charge in [0.25, 0.3) is 0 Å². The van der Waals surface area contributed by atoms with E-state index in [0.717, 1.165) is 50.4 Å². The number of aliphatic imine (C=N–C) groups is 1. The molecule has 0 amide bonds. The summed E-state index contributed by atoms with van der Waals surface area (Å²) in [6.07, 6.45) is 3.15. The van der Waals surface area contributed by atoms with Crippen LogP contribution in [0.3, 0.4) is 0 Å². The Bertz CT molecular complexity index is 689. The average Bonchev–Trinajstić information content (AvgIpc) is 3.03. The Balaban J connectivity index is 0.00000280. The number of likely N-dealkylation sites (tertiary alicyclic amines) is 1. The number of carbonyl (C=O) groups excluding carboxylic acids is 1. The van der Waals surface area contributed by atoms with Gasteiger partial charge in [-0.15, -0.1) is 24.0 Å². The fourth-order valence-electron chi connectivity index (χ4n) is 4.05. The van der Waals surface area contributed by atoms with Gasteiger partial charge in [-0.1, -0.05) is 24.3 Å². The monoisotopic (exact) mass is 501 g/mol. The van der Waals surface area contributed by atoms with Crippen LogP contribution in [0.1, 0.15) is 44.2 Å². The number of aryl methyl sites for hydroxylation is 1. The number of esters is 1. The lowest BCUT2D eigenvalue weighted by Crippen LogP contribution is -2.47. The number of aliphatic hydroxyl groups is 1. The van der Waals surface area contributed by atoms with E-state index in [2.05, 4.69) is 16.3 Å². The maximum Gasteiger partial charge on any atom is 0.309 e. The highest BCUT2D eigenvalue weighted by Gasteiger charge is 2.36. The van der Waals surface area contributed by atoms with Crippen molar-refractivity contribution in [2.45, 2.75) is 45.1 Å². The molecule has 1 aliphatic heterocycles. The van der Waals surface area contributed by atoms with Crippen LogP contribution in [0.15, 0.2) is 29.3 Å². The first-order valence-electron chi connectivity index (χ1n) is 10.1. The van der Waals surface area contributed by atoms with Gasteiger partial charge in [0.2, 0.25) is 0 Å². The van der Waals surface area contributed by atoms with Gasteiger partial charge in [0, 0.05) is 19.6 Å². The predicted octanol–water partition coefficient (Wildman–Crippen LogP) is 2.68. The Kier molecular flexibility index (Phi) is 8.55. The van der Waals surface area contributed by atoms with Crippen LogP contribution in [0, 0.1) is 5.92 Å². The molecule has 1 heterocycles. The molecule has 3 rings (SSSR count). The van der Waals surface area contributed by atoms with Crippen LogP contribution in [0.4, 0.5) is 0 Å². The van der Waals surface area contributed by atoms with E-state index in [0.29, 0.717) is 19.6 Å². The number of hydrogen-bond donors (Lipinski definition) is 2. The first kappa shape index (κ1) is 22.9. The lowest BCUT2D eigenvalue weighted by molar-refractivity contribution is -0.149. The summed E-state index contributed by atoms with van der Waals surface area (Å²) in [5.74, 6) is 0.712. The number of piperidine rings is 1. The van der Waals surface area contributed by atoms with Crippen LogP contribution in [-0.4, -0.2) is 54.7 Å². The fourth-order valence-corrected chi connectivity index (χ4v) is 4.05. The zero-order valence-electron chi connectivity index (χ0n) is 16.8. The molecule has 28 heavy (non-hydrogen) atoms. The van der Waals surface area contributed by atoms with E-state index in [4.69, 9.17) is 9.73 Å². The number of nitrogens with one attached hydrogen (secondary N) is 1. The van der Waals surface area contributed by atoms with E-state index in [1.165, 1.54) is 5.56 Å². The minimum atomic E-state index is -0.888. The minimum Gasteiger partial charge on any atom is -0.466 e. The second kappa shape index (κ2) is 10.4. The summed E-state index contributed by atoms with van der Waals surface area (Å²) in [4.78, 5) is 18.9. The molecular weight excluding hydrogens is 469 g/mol. The van der Waals surface area contributed by atoms with E-state index in [-0.39, 0.29) is 35.9 Å². The lowest BCUT2D eigenvalue weighted by atomic mass is 9.96. The largest absolute Gasteiger partial charge is 0.466 e. The van der Waals surface area contributed by atoms with Crippen molar-refractivity contribution in [2.75, 3.05) is 32.8 Å². The van der Waals surface area contributed by atoms with Gasteiger partial charge in [-0.2, -0.15) is 0 Å². The molecule has 1 atom stereocenters. The van der Waals surface area contributed by atoms with Gasteiger partial charge < -0.3 is 20.1 Å². The van der Waals surface area contributed by atoms with Gasteiger partial charge in [0.15, 0.2) is 5.96 Å². The zero-order chi connectivity index (χ0) is 19.3. The van der Waals surface area contributed by atoms with Crippen LogP contribution in [-0.2, 0) is 21.6 Å². The first-order valence-corrected chi connectivity index (χ1v) is 10.1. The third-order valence-electron chi connectivity index (χ3n) is 5.57. The average molecular weight is 501 g/mol. The molecule has 2 aliphatic rings. The second-order valence-corrected chi connectivity index (χ2v) is 7.37. The van der Waals surface area contributed by atoms with Crippen molar-refractivity contribution in [1.82, 2.24) is 10.2 Å². The maximum absolute atomic E-state index is 11.9. The number of ether oxygens (including phenoxy) is 1. The van der Waals surface area contributed by atoms with Crippen LogP contribution < -0.4 is 5.32 Å². The molecule has 0 aromatic heterocycles. The normalized spacial score (nSPS) is 22.4. The van der Waals surface area contributed by atoms with Crippen molar-refractivity contribution in [2.24, 2.45) is 10.9 Å². The summed E-state index contributed by atoms with van der Waals surface area (Å²) >= 11 is 0. The van der Waals surface area contributed by atoms with Crippen molar-refractivity contribution in [3.63, 3.8) is 0 Å². The smallest absolute Gasteiger partial charge is 0.309 e. The van der Waals surface area contributed by atoms with Crippen LogP contribution >= 0.6 is 24.0 Å². The van der Waals surface area contributed by atoms with E-state index in [9.17, 15) is 9.90 Å². The number of halogens is 1. The van der Waals surface area contributed by atoms with Gasteiger partial charge in [-0.25, -0.2) is 4.99 Å². The summed E-state index contributed by atoms with van der Waals surface area (Å²) in [6.45, 7) is 6.98. The number of benzene rings is 1. The Hall–Kier alpha value is -1.35. The number of guanidine groups is 1. The van der Waals surface area contributed by atoms with Crippen molar-refractivity contribution in [3.05, 3.63) is 35.4 Å². The highest BCUT2D eigenvalue weighted by atomic mass is 127. The number of fused-ring (bicyclic) bond motifs is 1. The van der Waals surface area contributed by atoms with Gasteiger partial charge in [0.1, 0.15) is 5.60 Å². The quantitative estimate of drug-likeness (QED) is 0.281. The molecule has 2 N–H and O–H groups in total. The van der Waals surface area contributed by atoms with E-state index < -0.39 is 5.60 Å². The summed E-state index contributed by atoms with van der Waals surface area (Å²) < 4.78 is 5.15.